The van der Waals surface area contributed by atoms with E-state index < -0.39 is 0 Å². The summed E-state index contributed by atoms with van der Waals surface area (Å²) >= 11 is 0. The summed E-state index contributed by atoms with van der Waals surface area (Å²) in [4.78, 5) is 0. The zero-order chi connectivity index (χ0) is 14.3. The molecule has 0 radical (unpaired) electrons. The summed E-state index contributed by atoms with van der Waals surface area (Å²) in [6.45, 7) is 8.74. The molecule has 0 N–H and O–H groups in total. The SMILES string of the molecule is Cc1cc(C)cc(C(C)(C)n2ncc3ccccc32)c1. The number of hydrogen-bond donors (Lipinski definition) is 0. The highest BCUT2D eigenvalue weighted by Gasteiger charge is 2.25. The normalized spacial score (nSPS) is 12.0. The van der Waals surface area contributed by atoms with Gasteiger partial charge in [-0.2, -0.15) is 5.10 Å². The van der Waals surface area contributed by atoms with E-state index in [1.54, 1.807) is 0 Å². The van der Waals surface area contributed by atoms with E-state index in [0.717, 1.165) is 0 Å². The lowest BCUT2D eigenvalue weighted by molar-refractivity contribution is 0.404. The van der Waals surface area contributed by atoms with Crippen LogP contribution in [-0.4, -0.2) is 9.78 Å². The van der Waals surface area contributed by atoms with Gasteiger partial charge in [0.25, 0.3) is 0 Å². The molecule has 0 unspecified atom stereocenters. The summed E-state index contributed by atoms with van der Waals surface area (Å²) in [7, 11) is 0. The Morgan fingerprint density at radius 1 is 0.950 bits per heavy atom. The average Bonchev–Trinajstić information content (AvgIpc) is 2.82. The number of fused-ring (bicyclic) bond motifs is 1. The van der Waals surface area contributed by atoms with E-state index >= 15 is 0 Å². The van der Waals surface area contributed by atoms with Crippen molar-refractivity contribution in [2.45, 2.75) is 33.2 Å². The third kappa shape index (κ3) is 2.01. The first-order valence-electron chi connectivity index (χ1n) is 7.00. The lowest BCUT2D eigenvalue weighted by Gasteiger charge is -2.28. The summed E-state index contributed by atoms with van der Waals surface area (Å²) in [6, 6.07) is 15.1. The molecular weight excluding hydrogens is 244 g/mol. The number of nitrogens with zero attached hydrogens (tertiary/aromatic N) is 2. The maximum absolute atomic E-state index is 4.62. The molecule has 0 saturated carbocycles. The summed E-state index contributed by atoms with van der Waals surface area (Å²) in [5.74, 6) is 0. The van der Waals surface area contributed by atoms with E-state index in [-0.39, 0.29) is 5.54 Å². The lowest BCUT2D eigenvalue weighted by Crippen LogP contribution is -2.28. The molecule has 0 spiro atoms. The quantitative estimate of drug-likeness (QED) is 0.669. The van der Waals surface area contributed by atoms with E-state index in [1.807, 2.05) is 6.20 Å². The van der Waals surface area contributed by atoms with Crippen molar-refractivity contribution >= 4 is 10.9 Å². The van der Waals surface area contributed by atoms with Crippen LogP contribution in [0.25, 0.3) is 10.9 Å². The molecule has 2 aromatic carbocycles. The van der Waals surface area contributed by atoms with Gasteiger partial charge in [-0.3, -0.25) is 4.68 Å². The van der Waals surface area contributed by atoms with Crippen LogP contribution in [-0.2, 0) is 5.54 Å². The van der Waals surface area contributed by atoms with Crippen LogP contribution in [0.3, 0.4) is 0 Å². The first-order chi connectivity index (χ1) is 9.48. The van der Waals surface area contributed by atoms with Crippen molar-refractivity contribution in [2.24, 2.45) is 0 Å². The van der Waals surface area contributed by atoms with Gasteiger partial charge < -0.3 is 0 Å². The molecule has 0 aliphatic rings. The highest BCUT2D eigenvalue weighted by Crippen LogP contribution is 2.30. The lowest BCUT2D eigenvalue weighted by atomic mass is 9.91. The Balaban J connectivity index is 2.20. The number of hydrogen-bond acceptors (Lipinski definition) is 1. The number of benzene rings is 2. The number of aryl methyl sites for hydroxylation is 2. The minimum absolute atomic E-state index is 0.167. The Labute approximate surface area is 120 Å². The Morgan fingerprint density at radius 2 is 1.60 bits per heavy atom. The smallest absolute Gasteiger partial charge is 0.0827 e. The zero-order valence-electron chi connectivity index (χ0n) is 12.5. The molecule has 0 fully saturated rings. The third-order valence-electron chi connectivity index (χ3n) is 3.93. The molecule has 3 aromatic rings. The highest BCUT2D eigenvalue weighted by atomic mass is 15.3. The topological polar surface area (TPSA) is 17.8 Å². The Hall–Kier alpha value is -2.09. The second kappa shape index (κ2) is 4.48. The summed E-state index contributed by atoms with van der Waals surface area (Å²) < 4.78 is 2.12. The minimum atomic E-state index is -0.167. The van der Waals surface area contributed by atoms with Crippen molar-refractivity contribution in [1.29, 1.82) is 0 Å². The molecule has 2 heteroatoms. The van der Waals surface area contributed by atoms with Crippen LogP contribution in [0.5, 0.6) is 0 Å². The summed E-state index contributed by atoms with van der Waals surface area (Å²) in [5.41, 5.74) is 4.90. The summed E-state index contributed by atoms with van der Waals surface area (Å²) in [6.07, 6.45) is 1.94. The van der Waals surface area contributed by atoms with Gasteiger partial charge in [-0.05, 0) is 39.3 Å². The second-order valence-electron chi connectivity index (χ2n) is 6.05. The van der Waals surface area contributed by atoms with Gasteiger partial charge >= 0.3 is 0 Å². The van der Waals surface area contributed by atoms with Gasteiger partial charge in [0.05, 0.1) is 17.3 Å². The average molecular weight is 264 g/mol. The molecule has 0 aliphatic carbocycles. The fourth-order valence-electron chi connectivity index (χ4n) is 2.87. The molecule has 102 valence electrons. The first kappa shape index (κ1) is 12.9. The van der Waals surface area contributed by atoms with Gasteiger partial charge in [-0.1, -0.05) is 47.5 Å². The molecule has 1 aromatic heterocycles. The molecule has 20 heavy (non-hydrogen) atoms. The predicted molar refractivity (Wildman–Crippen MR) is 84.1 cm³/mol. The number of rotatable bonds is 2. The molecule has 0 atom stereocenters. The van der Waals surface area contributed by atoms with Crippen LogP contribution in [0.15, 0.2) is 48.7 Å². The van der Waals surface area contributed by atoms with E-state index in [9.17, 15) is 0 Å². The van der Waals surface area contributed by atoms with Gasteiger partial charge in [0, 0.05) is 5.39 Å². The Morgan fingerprint density at radius 3 is 2.30 bits per heavy atom. The van der Waals surface area contributed by atoms with Gasteiger partial charge in [0.15, 0.2) is 0 Å². The zero-order valence-corrected chi connectivity index (χ0v) is 12.5. The number of aromatic nitrogens is 2. The van der Waals surface area contributed by atoms with Gasteiger partial charge in [-0.15, -0.1) is 0 Å². The van der Waals surface area contributed by atoms with Gasteiger partial charge in [0.1, 0.15) is 0 Å². The molecule has 1 heterocycles. The molecule has 0 amide bonds. The van der Waals surface area contributed by atoms with Crippen LogP contribution < -0.4 is 0 Å². The Bertz CT molecular complexity index is 746. The molecule has 0 saturated heterocycles. The van der Waals surface area contributed by atoms with E-state index in [0.29, 0.717) is 0 Å². The van der Waals surface area contributed by atoms with Crippen LogP contribution >= 0.6 is 0 Å². The van der Waals surface area contributed by atoms with Crippen molar-refractivity contribution in [3.05, 3.63) is 65.4 Å². The van der Waals surface area contributed by atoms with Crippen molar-refractivity contribution in [3.8, 4) is 0 Å². The standard InChI is InChI=1S/C18H20N2/c1-13-9-14(2)11-16(10-13)18(3,4)20-17-8-6-5-7-15(17)12-19-20/h5-12H,1-4H3. The second-order valence-corrected chi connectivity index (χ2v) is 6.05. The fraction of sp³-hybridized carbons (Fsp3) is 0.278. The van der Waals surface area contributed by atoms with Crippen LogP contribution in [0, 0.1) is 13.8 Å². The van der Waals surface area contributed by atoms with Crippen molar-refractivity contribution < 1.29 is 0 Å². The summed E-state index contributed by atoms with van der Waals surface area (Å²) in [5, 5.41) is 5.80. The minimum Gasteiger partial charge on any atom is -0.255 e. The molecule has 2 nitrogen and oxygen atoms in total. The first-order valence-corrected chi connectivity index (χ1v) is 7.00. The largest absolute Gasteiger partial charge is 0.255 e. The number of para-hydroxylation sites is 1. The molecule has 0 bridgehead atoms. The monoisotopic (exact) mass is 264 g/mol. The maximum Gasteiger partial charge on any atom is 0.0827 e. The molecule has 3 rings (SSSR count). The van der Waals surface area contributed by atoms with Crippen LogP contribution in [0.1, 0.15) is 30.5 Å². The Kier molecular flexibility index (Phi) is 2.89. The fourth-order valence-corrected chi connectivity index (χ4v) is 2.87. The van der Waals surface area contributed by atoms with Crippen molar-refractivity contribution in [3.63, 3.8) is 0 Å². The van der Waals surface area contributed by atoms with Crippen LogP contribution in [0.2, 0.25) is 0 Å². The molecule has 0 aliphatic heterocycles. The highest BCUT2D eigenvalue weighted by molar-refractivity contribution is 5.78. The maximum atomic E-state index is 4.62. The third-order valence-corrected chi connectivity index (χ3v) is 3.93. The van der Waals surface area contributed by atoms with E-state index in [1.165, 1.54) is 27.6 Å². The van der Waals surface area contributed by atoms with Crippen molar-refractivity contribution in [1.82, 2.24) is 9.78 Å². The van der Waals surface area contributed by atoms with E-state index in [2.05, 4.69) is 79.9 Å². The predicted octanol–water partition coefficient (Wildman–Crippen LogP) is 4.44. The van der Waals surface area contributed by atoms with E-state index in [4.69, 9.17) is 0 Å². The van der Waals surface area contributed by atoms with Gasteiger partial charge in [-0.25, -0.2) is 0 Å². The van der Waals surface area contributed by atoms with Crippen LogP contribution in [0.4, 0.5) is 0 Å². The van der Waals surface area contributed by atoms with Gasteiger partial charge in [0.2, 0.25) is 0 Å². The van der Waals surface area contributed by atoms with Crippen molar-refractivity contribution in [2.75, 3.05) is 0 Å². The molecular formula is C18H20N2.